The molecule has 0 saturated carbocycles. The number of rotatable bonds is 40. The topological polar surface area (TPSA) is 121 Å². The zero-order chi connectivity index (χ0) is 43.3. The number of hydrogen-bond acceptors (Lipinski definition) is 8. The average Bonchev–Trinajstić information content (AvgIpc) is 3.94. The van der Waals surface area contributed by atoms with Crippen LogP contribution in [0.3, 0.4) is 0 Å². The van der Waals surface area contributed by atoms with Crippen LogP contribution in [0.5, 0.6) is 0 Å². The molecule has 0 bridgehead atoms. The molecule has 1 N–H and O–H groups in total. The van der Waals surface area contributed by atoms with Crippen molar-refractivity contribution in [3.63, 3.8) is 0 Å². The van der Waals surface area contributed by atoms with Crippen LogP contribution in [0.25, 0.3) is 0 Å². The number of phosphoric acid groups is 1. The van der Waals surface area contributed by atoms with Gasteiger partial charge in [-0.05, 0) is 83.5 Å². The first-order valence-corrected chi connectivity index (χ1v) is 24.6. The second-order valence-electron chi connectivity index (χ2n) is 16.8. The molecule has 0 aromatic rings. The van der Waals surface area contributed by atoms with E-state index in [9.17, 15) is 19.0 Å². The first-order chi connectivity index (χ1) is 28.5. The Morgan fingerprint density at radius 2 is 1.08 bits per heavy atom. The Hall–Kier alpha value is -2.33. The lowest BCUT2D eigenvalue weighted by atomic mass is 10.1. The van der Waals surface area contributed by atoms with E-state index in [2.05, 4.69) is 74.6 Å². The van der Waals surface area contributed by atoms with Gasteiger partial charge in [-0.1, -0.05) is 132 Å². The van der Waals surface area contributed by atoms with Crippen LogP contribution in [0.4, 0.5) is 0 Å². The number of esters is 2. The lowest BCUT2D eigenvalue weighted by molar-refractivity contribution is -0.870. The van der Waals surface area contributed by atoms with Crippen LogP contribution in [-0.4, -0.2) is 87.1 Å². The molecule has 0 aromatic heterocycles. The molecule has 0 aromatic carbocycles. The summed E-state index contributed by atoms with van der Waals surface area (Å²) >= 11 is 0. The molecule has 1 fully saturated rings. The zero-order valence-corrected chi connectivity index (χ0v) is 38.8. The molecule has 4 atom stereocenters. The Morgan fingerprint density at radius 3 is 1.66 bits per heavy atom. The molecule has 1 aliphatic rings. The maximum atomic E-state index is 12.7. The second-order valence-corrected chi connectivity index (χ2v) is 18.3. The van der Waals surface area contributed by atoms with Gasteiger partial charge >= 0.3 is 19.8 Å². The molecule has 1 heterocycles. The Bertz CT molecular complexity index is 1260. The number of likely N-dealkylation sites (N-methyl/N-ethyl adjacent to an activating group) is 1. The molecule has 11 heteroatoms. The highest BCUT2D eigenvalue weighted by molar-refractivity contribution is 7.47. The summed E-state index contributed by atoms with van der Waals surface area (Å²) in [4.78, 5) is 35.4. The van der Waals surface area contributed by atoms with Crippen LogP contribution in [-0.2, 0) is 37.4 Å². The lowest BCUT2D eigenvalue weighted by Crippen LogP contribution is -2.37. The summed E-state index contributed by atoms with van der Waals surface area (Å²) in [5, 5.41) is 0. The standard InChI is InChI=1S/C48H84NO9P/c1-6-8-10-12-14-15-16-17-18-19-20-21-22-23-26-31-35-39-48(51)57-44(43-56-59(52,53)55-41-40-49(3,4)5)42-54-47(50)38-34-30-27-24-25-29-33-37-46-45(58-46)36-32-28-13-11-9-7-2/h14-15,17-18,24,27-29,32-33,44-46H,6-13,16,19-23,25-26,30-31,34-43H2,1-5H3/p+1/b15-14-,18-17-,27-24-,32-28-,33-29-/t44-,45?,46?/m1/s1. The van der Waals surface area contributed by atoms with Gasteiger partial charge < -0.3 is 23.6 Å². The lowest BCUT2D eigenvalue weighted by Gasteiger charge is -2.24. The van der Waals surface area contributed by atoms with Crippen molar-refractivity contribution in [3.8, 4) is 0 Å². The van der Waals surface area contributed by atoms with Gasteiger partial charge in [-0.2, -0.15) is 0 Å². The van der Waals surface area contributed by atoms with Gasteiger partial charge in [-0.3, -0.25) is 18.6 Å². The summed E-state index contributed by atoms with van der Waals surface area (Å²) in [7, 11) is 1.43. The number of hydrogen-bond donors (Lipinski definition) is 1. The molecule has 1 saturated heterocycles. The number of epoxide rings is 1. The van der Waals surface area contributed by atoms with Crippen molar-refractivity contribution in [2.45, 2.75) is 186 Å². The molecule has 3 unspecified atom stereocenters. The number of nitrogens with zero attached hydrogens (tertiary/aromatic N) is 1. The van der Waals surface area contributed by atoms with E-state index in [0.29, 0.717) is 36.1 Å². The van der Waals surface area contributed by atoms with Crippen molar-refractivity contribution in [2.75, 3.05) is 47.5 Å². The number of allylic oxidation sites excluding steroid dienone is 8. The van der Waals surface area contributed by atoms with Gasteiger partial charge in [0.25, 0.3) is 0 Å². The van der Waals surface area contributed by atoms with Gasteiger partial charge in [0.2, 0.25) is 0 Å². The predicted octanol–water partition coefficient (Wildman–Crippen LogP) is 12.2. The number of carbonyl (C=O) groups is 2. The number of phosphoric ester groups is 1. The van der Waals surface area contributed by atoms with E-state index in [0.717, 1.165) is 64.2 Å². The minimum Gasteiger partial charge on any atom is -0.462 e. The Morgan fingerprint density at radius 1 is 0.610 bits per heavy atom. The first-order valence-electron chi connectivity index (χ1n) is 23.1. The second kappa shape index (κ2) is 36.3. The van der Waals surface area contributed by atoms with Crippen LogP contribution in [0.2, 0.25) is 0 Å². The van der Waals surface area contributed by atoms with Gasteiger partial charge in [-0.15, -0.1) is 0 Å². The first kappa shape index (κ1) is 54.7. The van der Waals surface area contributed by atoms with Crippen molar-refractivity contribution in [3.05, 3.63) is 60.8 Å². The van der Waals surface area contributed by atoms with E-state index in [-0.39, 0.29) is 26.1 Å². The molecule has 10 nitrogen and oxygen atoms in total. The van der Waals surface area contributed by atoms with E-state index in [1.54, 1.807) is 0 Å². The maximum absolute atomic E-state index is 12.7. The fraction of sp³-hybridized carbons (Fsp3) is 0.750. The summed E-state index contributed by atoms with van der Waals surface area (Å²) in [6.45, 7) is 4.27. The van der Waals surface area contributed by atoms with E-state index < -0.39 is 32.5 Å². The highest BCUT2D eigenvalue weighted by Gasteiger charge is 2.36. The number of unbranched alkanes of at least 4 members (excludes halogenated alkanes) is 14. The van der Waals surface area contributed by atoms with Crippen molar-refractivity contribution < 1.29 is 46.8 Å². The van der Waals surface area contributed by atoms with Gasteiger partial charge in [0.05, 0.1) is 40.0 Å². The van der Waals surface area contributed by atoms with Crippen molar-refractivity contribution in [1.29, 1.82) is 0 Å². The average molecular weight is 851 g/mol. The fourth-order valence-electron chi connectivity index (χ4n) is 6.14. The quantitative estimate of drug-likeness (QED) is 0.0160. The zero-order valence-electron chi connectivity index (χ0n) is 37.9. The van der Waals surface area contributed by atoms with E-state index in [4.69, 9.17) is 23.3 Å². The van der Waals surface area contributed by atoms with E-state index in [1.165, 1.54) is 64.2 Å². The third-order valence-electron chi connectivity index (χ3n) is 9.92. The molecule has 59 heavy (non-hydrogen) atoms. The van der Waals surface area contributed by atoms with Crippen LogP contribution in [0.15, 0.2) is 60.8 Å². The molecule has 0 aliphatic carbocycles. The summed E-state index contributed by atoms with van der Waals surface area (Å²) in [5.41, 5.74) is 0. The largest absolute Gasteiger partial charge is 0.472 e. The van der Waals surface area contributed by atoms with Crippen molar-refractivity contribution in [1.82, 2.24) is 0 Å². The molecule has 0 radical (unpaired) electrons. The van der Waals surface area contributed by atoms with E-state index >= 15 is 0 Å². The number of quaternary nitrogens is 1. The molecular formula is C48H85NO9P+. The minimum atomic E-state index is -4.40. The summed E-state index contributed by atoms with van der Waals surface area (Å²) < 4.78 is 40.1. The summed E-state index contributed by atoms with van der Waals surface area (Å²) in [6.07, 6.45) is 45.8. The molecular weight excluding hydrogens is 766 g/mol. The van der Waals surface area contributed by atoms with Gasteiger partial charge in [0.15, 0.2) is 6.10 Å². The summed E-state index contributed by atoms with van der Waals surface area (Å²) in [5.74, 6) is -0.883. The third-order valence-corrected chi connectivity index (χ3v) is 10.9. The van der Waals surface area contributed by atoms with Crippen molar-refractivity contribution in [2.24, 2.45) is 0 Å². The van der Waals surface area contributed by atoms with Gasteiger partial charge in [-0.25, -0.2) is 4.57 Å². The Kier molecular flexibility index (Phi) is 33.7. The monoisotopic (exact) mass is 851 g/mol. The minimum absolute atomic E-state index is 0.0167. The van der Waals surface area contributed by atoms with Crippen LogP contribution in [0, 0.1) is 0 Å². The van der Waals surface area contributed by atoms with Crippen LogP contribution >= 0.6 is 7.82 Å². The molecule has 1 rings (SSSR count). The highest BCUT2D eigenvalue weighted by Crippen LogP contribution is 2.43. The molecule has 0 amide bonds. The van der Waals surface area contributed by atoms with Crippen molar-refractivity contribution >= 4 is 19.8 Å². The smallest absolute Gasteiger partial charge is 0.462 e. The molecule has 0 spiro atoms. The van der Waals surface area contributed by atoms with Gasteiger partial charge in [0, 0.05) is 12.8 Å². The number of ether oxygens (including phenoxy) is 3. The molecule has 1 aliphatic heterocycles. The number of carbonyl (C=O) groups excluding carboxylic acids is 2. The highest BCUT2D eigenvalue weighted by atomic mass is 31.2. The Balaban J connectivity index is 2.31. The van der Waals surface area contributed by atoms with Gasteiger partial charge in [0.1, 0.15) is 19.8 Å². The van der Waals surface area contributed by atoms with E-state index in [1.807, 2.05) is 21.1 Å². The maximum Gasteiger partial charge on any atom is 0.472 e. The Labute approximate surface area is 360 Å². The fourth-order valence-corrected chi connectivity index (χ4v) is 6.88. The summed E-state index contributed by atoms with van der Waals surface area (Å²) in [6, 6.07) is 0. The third kappa shape index (κ3) is 37.2. The normalized spacial score (nSPS) is 17.5. The van der Waals surface area contributed by atoms with Crippen LogP contribution in [0.1, 0.15) is 168 Å². The predicted molar refractivity (Wildman–Crippen MR) is 242 cm³/mol. The van der Waals surface area contributed by atoms with Crippen LogP contribution < -0.4 is 0 Å². The molecule has 340 valence electrons. The SMILES string of the molecule is CCCCC/C=C\C/C=C\CCCCCCCCCC(=O)O[C@H](COC(=O)CCC/C=C\C/C=C\CC1OC1C/C=C\CCCCC)COP(=O)(O)OCC[N+](C)(C)C.